The minimum absolute atomic E-state index is 0.0672. The number of ether oxygens (including phenoxy) is 1. The number of sulfonamides is 1. The molecule has 0 radical (unpaired) electrons. The Bertz CT molecular complexity index is 792. The molecule has 2 rings (SSSR count). The molecule has 1 aliphatic rings. The second kappa shape index (κ2) is 8.65. The number of hydrogen-bond acceptors (Lipinski definition) is 5. The van der Waals surface area contributed by atoms with Crippen molar-refractivity contribution in [3.05, 3.63) is 29.8 Å². The third-order valence-electron chi connectivity index (χ3n) is 3.68. The molecule has 8 heteroatoms. The molecular formula is C17H20N2O5S. The highest BCUT2D eigenvalue weighted by Crippen LogP contribution is 2.15. The van der Waals surface area contributed by atoms with Gasteiger partial charge in [0.2, 0.25) is 21.8 Å². The van der Waals surface area contributed by atoms with Crippen molar-refractivity contribution < 1.29 is 22.7 Å². The summed E-state index contributed by atoms with van der Waals surface area (Å²) in [7, 11) is -2.09. The molecule has 0 atom stereocenters. The zero-order valence-corrected chi connectivity index (χ0v) is 14.8. The maximum absolute atomic E-state index is 12.0. The number of carbonyl (C=O) groups is 2. The summed E-state index contributed by atoms with van der Waals surface area (Å²) in [6.45, 7) is -0.199. The van der Waals surface area contributed by atoms with Crippen LogP contribution in [-0.4, -0.2) is 51.1 Å². The average Bonchev–Trinajstić information content (AvgIpc) is 2.58. The second-order valence-corrected chi connectivity index (χ2v) is 7.36. The first kappa shape index (κ1) is 19.0. The van der Waals surface area contributed by atoms with Gasteiger partial charge >= 0.3 is 0 Å². The molecule has 1 N–H and O–H groups in total. The molecule has 1 saturated heterocycles. The van der Waals surface area contributed by atoms with E-state index >= 15 is 0 Å². The highest BCUT2D eigenvalue weighted by Gasteiger charge is 2.26. The topological polar surface area (TPSA) is 92.8 Å². The summed E-state index contributed by atoms with van der Waals surface area (Å²) < 4.78 is 31.4. The normalized spacial score (nSPS) is 14.8. The lowest BCUT2D eigenvalue weighted by molar-refractivity contribution is -0.147. The van der Waals surface area contributed by atoms with Crippen molar-refractivity contribution in [2.75, 3.05) is 26.0 Å². The van der Waals surface area contributed by atoms with E-state index in [0.717, 1.165) is 4.90 Å². The molecule has 1 aromatic rings. The number of carbonyl (C=O) groups excluding carboxylic acids is 2. The molecule has 1 aliphatic heterocycles. The SMILES string of the molecule is COc1ccccc1C#CCNS(=O)(=O)CCN1C(=O)CCCC1=O. The molecule has 1 heterocycles. The molecule has 7 nitrogen and oxygen atoms in total. The van der Waals surface area contributed by atoms with Gasteiger partial charge in [-0.05, 0) is 18.6 Å². The predicted molar refractivity (Wildman–Crippen MR) is 92.2 cm³/mol. The molecule has 25 heavy (non-hydrogen) atoms. The van der Waals surface area contributed by atoms with Gasteiger partial charge in [0.1, 0.15) is 5.75 Å². The van der Waals surface area contributed by atoms with E-state index < -0.39 is 10.0 Å². The van der Waals surface area contributed by atoms with Gasteiger partial charge in [-0.15, -0.1) is 0 Å². The van der Waals surface area contributed by atoms with Gasteiger partial charge in [-0.3, -0.25) is 14.5 Å². The van der Waals surface area contributed by atoms with Crippen molar-refractivity contribution in [2.24, 2.45) is 0 Å². The monoisotopic (exact) mass is 364 g/mol. The number of likely N-dealkylation sites (tertiary alicyclic amines) is 1. The quantitative estimate of drug-likeness (QED) is 0.586. The van der Waals surface area contributed by atoms with Crippen LogP contribution >= 0.6 is 0 Å². The number of benzene rings is 1. The summed E-state index contributed by atoms with van der Waals surface area (Å²) in [5.74, 6) is 5.20. The maximum Gasteiger partial charge on any atom is 0.229 e. The second-order valence-electron chi connectivity index (χ2n) is 5.43. The van der Waals surface area contributed by atoms with E-state index in [1.807, 2.05) is 12.1 Å². The van der Waals surface area contributed by atoms with Crippen LogP contribution in [0.1, 0.15) is 24.8 Å². The van der Waals surface area contributed by atoms with Crippen molar-refractivity contribution in [1.29, 1.82) is 0 Å². The molecule has 1 fully saturated rings. The summed E-state index contributed by atoms with van der Waals surface area (Å²) in [6.07, 6.45) is 1.09. The van der Waals surface area contributed by atoms with Crippen LogP contribution in [0.4, 0.5) is 0 Å². The first-order valence-corrected chi connectivity index (χ1v) is 9.50. The Morgan fingerprint density at radius 1 is 1.20 bits per heavy atom. The first-order chi connectivity index (χ1) is 11.9. The third kappa shape index (κ3) is 5.59. The van der Waals surface area contributed by atoms with Crippen molar-refractivity contribution in [2.45, 2.75) is 19.3 Å². The molecular weight excluding hydrogens is 344 g/mol. The molecule has 0 saturated carbocycles. The van der Waals surface area contributed by atoms with E-state index in [4.69, 9.17) is 4.74 Å². The Kier molecular flexibility index (Phi) is 6.56. The lowest BCUT2D eigenvalue weighted by Gasteiger charge is -2.24. The molecule has 0 aliphatic carbocycles. The van der Waals surface area contributed by atoms with Crippen LogP contribution < -0.4 is 9.46 Å². The van der Waals surface area contributed by atoms with Gasteiger partial charge in [0.25, 0.3) is 0 Å². The Balaban J connectivity index is 1.87. The lowest BCUT2D eigenvalue weighted by atomic mass is 10.1. The zero-order valence-electron chi connectivity index (χ0n) is 13.9. The molecule has 0 unspecified atom stereocenters. The number of imide groups is 1. The summed E-state index contributed by atoms with van der Waals surface area (Å²) in [6, 6.07) is 7.16. The largest absolute Gasteiger partial charge is 0.495 e. The van der Waals surface area contributed by atoms with Crippen LogP contribution in [0.2, 0.25) is 0 Å². The summed E-state index contributed by atoms with van der Waals surface area (Å²) in [4.78, 5) is 24.3. The minimum Gasteiger partial charge on any atom is -0.495 e. The van der Waals surface area contributed by atoms with Crippen molar-refractivity contribution in [3.63, 3.8) is 0 Å². The fraction of sp³-hybridized carbons (Fsp3) is 0.412. The van der Waals surface area contributed by atoms with E-state index in [-0.39, 0.29) is 43.5 Å². The summed E-state index contributed by atoms with van der Waals surface area (Å²) in [5.41, 5.74) is 0.661. The van der Waals surface area contributed by atoms with E-state index in [1.165, 1.54) is 7.11 Å². The number of piperidine rings is 1. The number of methoxy groups -OCH3 is 1. The van der Waals surface area contributed by atoms with Crippen molar-refractivity contribution >= 4 is 21.8 Å². The first-order valence-electron chi connectivity index (χ1n) is 7.85. The van der Waals surface area contributed by atoms with Gasteiger partial charge in [0, 0.05) is 19.4 Å². The van der Waals surface area contributed by atoms with Gasteiger partial charge in [-0.2, -0.15) is 0 Å². The number of rotatable bonds is 6. The minimum atomic E-state index is -3.63. The van der Waals surface area contributed by atoms with Crippen LogP contribution in [0.5, 0.6) is 5.75 Å². The van der Waals surface area contributed by atoms with Gasteiger partial charge in [0.05, 0.1) is 25.0 Å². The van der Waals surface area contributed by atoms with Gasteiger partial charge in [-0.1, -0.05) is 24.0 Å². The maximum atomic E-state index is 12.0. The van der Waals surface area contributed by atoms with Crippen LogP contribution in [0, 0.1) is 11.8 Å². The molecule has 0 spiro atoms. The zero-order chi connectivity index (χ0) is 18.3. The Hall–Kier alpha value is -2.37. The predicted octanol–water partition coefficient (Wildman–Crippen LogP) is 0.505. The summed E-state index contributed by atoms with van der Waals surface area (Å²) >= 11 is 0. The van der Waals surface area contributed by atoms with E-state index in [1.54, 1.807) is 12.1 Å². The third-order valence-corrected chi connectivity index (χ3v) is 4.98. The number of amides is 2. The van der Waals surface area contributed by atoms with Crippen LogP contribution in [0.15, 0.2) is 24.3 Å². The molecule has 0 bridgehead atoms. The number of hydrogen-bond donors (Lipinski definition) is 1. The smallest absolute Gasteiger partial charge is 0.229 e. The fourth-order valence-electron chi connectivity index (χ4n) is 2.37. The van der Waals surface area contributed by atoms with Crippen LogP contribution in [0.3, 0.4) is 0 Å². The lowest BCUT2D eigenvalue weighted by Crippen LogP contribution is -2.44. The van der Waals surface area contributed by atoms with Gasteiger partial charge < -0.3 is 4.74 Å². The van der Waals surface area contributed by atoms with Crippen LogP contribution in [0.25, 0.3) is 0 Å². The Labute approximate surface area is 147 Å². The molecule has 134 valence electrons. The standard InChI is InChI=1S/C17H20N2O5S/c1-24-15-8-3-2-6-14(15)7-5-11-18-25(22,23)13-12-19-16(20)9-4-10-17(19)21/h2-3,6,8,18H,4,9-13H2,1H3. The average molecular weight is 364 g/mol. The highest BCUT2D eigenvalue weighted by molar-refractivity contribution is 7.89. The highest BCUT2D eigenvalue weighted by atomic mass is 32.2. The number of nitrogens with zero attached hydrogens (tertiary/aromatic N) is 1. The van der Waals surface area contributed by atoms with Crippen molar-refractivity contribution in [3.8, 4) is 17.6 Å². The van der Waals surface area contributed by atoms with Gasteiger partial charge in [0.15, 0.2) is 0 Å². The van der Waals surface area contributed by atoms with E-state index in [2.05, 4.69) is 16.6 Å². The van der Waals surface area contributed by atoms with Crippen molar-refractivity contribution in [1.82, 2.24) is 9.62 Å². The van der Waals surface area contributed by atoms with Crippen LogP contribution in [-0.2, 0) is 19.6 Å². The number of nitrogens with one attached hydrogen (secondary N) is 1. The van der Waals surface area contributed by atoms with E-state index in [9.17, 15) is 18.0 Å². The fourth-order valence-corrected chi connectivity index (χ4v) is 3.23. The molecule has 1 aromatic carbocycles. The number of para-hydroxylation sites is 1. The molecule has 0 aromatic heterocycles. The summed E-state index contributed by atoms with van der Waals surface area (Å²) in [5, 5.41) is 0. The Morgan fingerprint density at radius 2 is 1.88 bits per heavy atom. The molecule has 2 amide bonds. The van der Waals surface area contributed by atoms with Gasteiger partial charge in [-0.25, -0.2) is 13.1 Å². The van der Waals surface area contributed by atoms with E-state index in [0.29, 0.717) is 17.7 Å². The Morgan fingerprint density at radius 3 is 2.56 bits per heavy atom.